The third kappa shape index (κ3) is 2.68. The van der Waals surface area contributed by atoms with Gasteiger partial charge in [0.25, 0.3) is 0 Å². The van der Waals surface area contributed by atoms with Crippen molar-refractivity contribution in [3.8, 4) is 16.9 Å². The van der Waals surface area contributed by atoms with Gasteiger partial charge in [-0.3, -0.25) is 4.98 Å². The summed E-state index contributed by atoms with van der Waals surface area (Å²) in [6, 6.07) is 24.3. The molecule has 0 bridgehead atoms. The molecule has 3 nitrogen and oxygen atoms in total. The highest BCUT2D eigenvalue weighted by Crippen LogP contribution is 2.34. The summed E-state index contributed by atoms with van der Waals surface area (Å²) in [7, 11) is 0. The van der Waals surface area contributed by atoms with Crippen LogP contribution in [0.15, 0.2) is 79.0 Å². The van der Waals surface area contributed by atoms with Crippen LogP contribution in [-0.2, 0) is 0 Å². The summed E-state index contributed by atoms with van der Waals surface area (Å²) < 4.78 is 2.02. The number of para-hydroxylation sites is 1. The lowest BCUT2D eigenvalue weighted by molar-refractivity contribution is 0.917. The summed E-state index contributed by atoms with van der Waals surface area (Å²) >= 11 is 6.08. The number of nitrogens with zero attached hydrogens (tertiary/aromatic N) is 3. The van der Waals surface area contributed by atoms with Gasteiger partial charge in [-0.25, -0.2) is 4.68 Å². The van der Waals surface area contributed by atoms with Crippen LogP contribution in [-0.4, -0.2) is 14.8 Å². The van der Waals surface area contributed by atoms with Crippen molar-refractivity contribution < 1.29 is 0 Å². The Morgan fingerprint density at radius 2 is 1.63 bits per heavy atom. The fourth-order valence-corrected chi connectivity index (χ4v) is 3.60. The maximum Gasteiger partial charge on any atom is 0.102 e. The SMILES string of the molecule is Cc1ccc2ncc3c(-c4ccc(Cl)cc4)nn(-c4ccccc4)c3c2c1. The third-order valence-electron chi connectivity index (χ3n) is 4.78. The van der Waals surface area contributed by atoms with Crippen molar-refractivity contribution in [2.75, 3.05) is 0 Å². The van der Waals surface area contributed by atoms with E-state index in [1.54, 1.807) is 0 Å². The number of rotatable bonds is 2. The zero-order chi connectivity index (χ0) is 18.4. The van der Waals surface area contributed by atoms with E-state index in [0.29, 0.717) is 5.02 Å². The van der Waals surface area contributed by atoms with Gasteiger partial charge < -0.3 is 0 Å². The average molecular weight is 370 g/mol. The Labute approximate surface area is 161 Å². The highest BCUT2D eigenvalue weighted by atomic mass is 35.5. The Morgan fingerprint density at radius 1 is 0.852 bits per heavy atom. The predicted molar refractivity (Wildman–Crippen MR) is 112 cm³/mol. The normalized spacial score (nSPS) is 11.3. The molecule has 2 aromatic heterocycles. The van der Waals surface area contributed by atoms with E-state index in [-0.39, 0.29) is 0 Å². The van der Waals surface area contributed by atoms with Crippen LogP contribution in [0.2, 0.25) is 5.02 Å². The van der Waals surface area contributed by atoms with Gasteiger partial charge in [-0.05, 0) is 43.3 Å². The molecule has 0 unspecified atom stereocenters. The van der Waals surface area contributed by atoms with Crippen molar-refractivity contribution in [2.45, 2.75) is 6.92 Å². The van der Waals surface area contributed by atoms with Crippen molar-refractivity contribution >= 4 is 33.4 Å². The molecule has 0 saturated heterocycles. The lowest BCUT2D eigenvalue weighted by Gasteiger charge is -2.06. The highest BCUT2D eigenvalue weighted by Gasteiger charge is 2.17. The van der Waals surface area contributed by atoms with Gasteiger partial charge in [-0.1, -0.05) is 53.6 Å². The van der Waals surface area contributed by atoms with Gasteiger partial charge >= 0.3 is 0 Å². The quantitative estimate of drug-likeness (QED) is 0.370. The molecule has 3 aromatic carbocycles. The number of fused-ring (bicyclic) bond motifs is 3. The lowest BCUT2D eigenvalue weighted by Crippen LogP contribution is -1.97. The van der Waals surface area contributed by atoms with E-state index in [0.717, 1.165) is 38.8 Å². The van der Waals surface area contributed by atoms with Crippen LogP contribution in [0.3, 0.4) is 0 Å². The minimum atomic E-state index is 0.713. The molecular formula is C23H16ClN3. The molecule has 5 aromatic rings. The Bertz CT molecular complexity index is 1270. The van der Waals surface area contributed by atoms with E-state index >= 15 is 0 Å². The Kier molecular flexibility index (Phi) is 3.69. The van der Waals surface area contributed by atoms with Gasteiger partial charge in [0.15, 0.2) is 0 Å². The van der Waals surface area contributed by atoms with E-state index in [1.807, 2.05) is 53.3 Å². The van der Waals surface area contributed by atoms with Gasteiger partial charge in [0, 0.05) is 27.6 Å². The average Bonchev–Trinajstić information content (AvgIpc) is 3.09. The van der Waals surface area contributed by atoms with Crippen molar-refractivity contribution in [3.05, 3.63) is 89.6 Å². The number of hydrogen-bond donors (Lipinski definition) is 0. The highest BCUT2D eigenvalue weighted by molar-refractivity contribution is 6.30. The summed E-state index contributed by atoms with van der Waals surface area (Å²) in [5.74, 6) is 0. The molecule has 4 heteroatoms. The molecule has 130 valence electrons. The minimum absolute atomic E-state index is 0.713. The van der Waals surface area contributed by atoms with Crippen LogP contribution in [0.5, 0.6) is 0 Å². The first-order valence-corrected chi connectivity index (χ1v) is 9.18. The third-order valence-corrected chi connectivity index (χ3v) is 5.03. The molecule has 0 aliphatic carbocycles. The molecule has 5 rings (SSSR count). The number of pyridine rings is 1. The van der Waals surface area contributed by atoms with Crippen molar-refractivity contribution in [1.29, 1.82) is 0 Å². The number of aryl methyl sites for hydroxylation is 1. The molecule has 0 aliphatic rings. The van der Waals surface area contributed by atoms with E-state index in [4.69, 9.17) is 16.7 Å². The summed E-state index contributed by atoms with van der Waals surface area (Å²) in [6.45, 7) is 2.10. The van der Waals surface area contributed by atoms with Gasteiger partial charge in [0.05, 0.1) is 16.7 Å². The second-order valence-electron chi connectivity index (χ2n) is 6.64. The van der Waals surface area contributed by atoms with Crippen LogP contribution < -0.4 is 0 Å². The van der Waals surface area contributed by atoms with Gasteiger partial charge in [-0.2, -0.15) is 5.10 Å². The largest absolute Gasteiger partial charge is 0.255 e. The van der Waals surface area contributed by atoms with E-state index in [9.17, 15) is 0 Å². The Hall–Kier alpha value is -3.17. The van der Waals surface area contributed by atoms with Crippen LogP contribution in [0.1, 0.15) is 5.56 Å². The molecule has 2 heterocycles. The van der Waals surface area contributed by atoms with Crippen molar-refractivity contribution in [2.24, 2.45) is 0 Å². The number of hydrogen-bond acceptors (Lipinski definition) is 2. The summed E-state index contributed by atoms with van der Waals surface area (Å²) in [5.41, 5.74) is 6.18. The van der Waals surface area contributed by atoms with Crippen LogP contribution >= 0.6 is 11.6 Å². The first-order valence-electron chi connectivity index (χ1n) is 8.80. The Balaban J connectivity index is 1.91. The maximum atomic E-state index is 6.08. The summed E-state index contributed by atoms with van der Waals surface area (Å²) in [6.07, 6.45) is 1.92. The van der Waals surface area contributed by atoms with Crippen molar-refractivity contribution in [3.63, 3.8) is 0 Å². The van der Waals surface area contributed by atoms with E-state index < -0.39 is 0 Å². The standard InChI is InChI=1S/C23H16ClN3/c1-15-7-12-21-19(13-15)23-20(14-25-21)22(16-8-10-17(24)11-9-16)26-27(23)18-5-3-2-4-6-18/h2-14H,1H3. The second-order valence-corrected chi connectivity index (χ2v) is 7.08. The molecular weight excluding hydrogens is 354 g/mol. The van der Waals surface area contributed by atoms with E-state index in [1.165, 1.54) is 5.56 Å². The number of benzene rings is 3. The zero-order valence-corrected chi connectivity index (χ0v) is 15.5. The molecule has 0 radical (unpaired) electrons. The van der Waals surface area contributed by atoms with Crippen LogP contribution in [0.25, 0.3) is 38.8 Å². The van der Waals surface area contributed by atoms with Crippen LogP contribution in [0.4, 0.5) is 0 Å². The van der Waals surface area contributed by atoms with Gasteiger partial charge in [-0.15, -0.1) is 0 Å². The molecule has 27 heavy (non-hydrogen) atoms. The molecule has 0 saturated carbocycles. The number of halogens is 1. The van der Waals surface area contributed by atoms with Crippen LogP contribution in [0, 0.1) is 6.92 Å². The monoisotopic (exact) mass is 369 g/mol. The first-order chi connectivity index (χ1) is 13.2. The topological polar surface area (TPSA) is 30.7 Å². The fourth-order valence-electron chi connectivity index (χ4n) is 3.47. The van der Waals surface area contributed by atoms with E-state index in [2.05, 4.69) is 42.2 Å². The molecule has 0 spiro atoms. The van der Waals surface area contributed by atoms with Gasteiger partial charge in [0.2, 0.25) is 0 Å². The molecule has 0 atom stereocenters. The fraction of sp³-hybridized carbons (Fsp3) is 0.0435. The minimum Gasteiger partial charge on any atom is -0.255 e. The molecule has 0 amide bonds. The lowest BCUT2D eigenvalue weighted by atomic mass is 10.1. The smallest absolute Gasteiger partial charge is 0.102 e. The number of aromatic nitrogens is 3. The molecule has 0 N–H and O–H groups in total. The van der Waals surface area contributed by atoms with Crippen molar-refractivity contribution in [1.82, 2.24) is 14.8 Å². The molecule has 0 aliphatic heterocycles. The summed E-state index contributed by atoms with van der Waals surface area (Å²) in [5, 5.41) is 7.81. The second kappa shape index (κ2) is 6.22. The molecule has 0 fully saturated rings. The predicted octanol–water partition coefficient (Wildman–Crippen LogP) is 6.20. The first kappa shape index (κ1) is 16.0. The Morgan fingerprint density at radius 3 is 2.41 bits per heavy atom. The zero-order valence-electron chi connectivity index (χ0n) is 14.7. The summed E-state index contributed by atoms with van der Waals surface area (Å²) in [4.78, 5) is 4.68. The van der Waals surface area contributed by atoms with Gasteiger partial charge in [0.1, 0.15) is 5.69 Å². The maximum absolute atomic E-state index is 6.08.